The zero-order valence-corrected chi connectivity index (χ0v) is 18.5. The molecule has 3 aromatic rings. The molecule has 1 aliphatic rings. The number of hydrogen-bond acceptors (Lipinski definition) is 3. The lowest BCUT2D eigenvalue weighted by Crippen LogP contribution is -2.49. The zero-order valence-electron chi connectivity index (χ0n) is 17.7. The molecular weight excluding hydrogens is 408 g/mol. The molecule has 0 bridgehead atoms. The van der Waals surface area contributed by atoms with E-state index in [0.29, 0.717) is 6.42 Å². The normalized spacial score (nSPS) is 15.7. The molecule has 1 aromatic carbocycles. The summed E-state index contributed by atoms with van der Waals surface area (Å²) >= 11 is 6.08. The minimum atomic E-state index is 0.124. The van der Waals surface area contributed by atoms with E-state index in [1.807, 2.05) is 72.0 Å². The Morgan fingerprint density at radius 1 is 0.968 bits per heavy atom. The van der Waals surface area contributed by atoms with Gasteiger partial charge in [0.2, 0.25) is 5.91 Å². The van der Waals surface area contributed by atoms with Crippen LogP contribution in [0.1, 0.15) is 23.6 Å². The van der Waals surface area contributed by atoms with Crippen molar-refractivity contribution in [2.45, 2.75) is 25.3 Å². The predicted octanol–water partition coefficient (Wildman–Crippen LogP) is 4.10. The second-order valence-electron chi connectivity index (χ2n) is 8.13. The van der Waals surface area contributed by atoms with Gasteiger partial charge in [-0.25, -0.2) is 0 Å². The number of carbonyl (C=O) groups excluding carboxylic acids is 1. The Morgan fingerprint density at radius 3 is 2.39 bits per heavy atom. The molecule has 5 nitrogen and oxygen atoms in total. The standard InChI is InChI=1S/C25H29ClN4O/c26-23-8-6-21(7-9-23)22(20-29-12-3-4-13-29)19-25(31)30-17-15-28(16-18-30)14-10-24-5-1-2-11-27-24/h1-9,11-13,22H,10,14-20H2/t22-/m1/s1. The summed E-state index contributed by atoms with van der Waals surface area (Å²) < 4.78 is 2.14. The van der Waals surface area contributed by atoms with Crippen molar-refractivity contribution in [3.05, 3.63) is 89.5 Å². The Kier molecular flexibility index (Phi) is 7.39. The topological polar surface area (TPSA) is 41.4 Å². The average Bonchev–Trinajstić information content (AvgIpc) is 3.32. The molecule has 1 fully saturated rings. The predicted molar refractivity (Wildman–Crippen MR) is 124 cm³/mol. The van der Waals surface area contributed by atoms with Gasteiger partial charge in [0.1, 0.15) is 0 Å². The van der Waals surface area contributed by atoms with E-state index in [4.69, 9.17) is 11.6 Å². The third kappa shape index (κ3) is 6.18. The van der Waals surface area contributed by atoms with Crippen LogP contribution in [0.25, 0.3) is 0 Å². The molecule has 1 amide bonds. The minimum Gasteiger partial charge on any atom is -0.354 e. The van der Waals surface area contributed by atoms with Crippen molar-refractivity contribution in [2.24, 2.45) is 0 Å². The van der Waals surface area contributed by atoms with Gasteiger partial charge in [0.15, 0.2) is 0 Å². The van der Waals surface area contributed by atoms with Crippen LogP contribution >= 0.6 is 11.6 Å². The van der Waals surface area contributed by atoms with E-state index in [1.54, 1.807) is 0 Å². The molecule has 0 unspecified atom stereocenters. The van der Waals surface area contributed by atoms with Gasteiger partial charge in [-0.1, -0.05) is 29.8 Å². The maximum Gasteiger partial charge on any atom is 0.223 e. The van der Waals surface area contributed by atoms with Crippen LogP contribution in [-0.2, 0) is 17.8 Å². The van der Waals surface area contributed by atoms with Crippen molar-refractivity contribution >= 4 is 17.5 Å². The number of pyridine rings is 1. The SMILES string of the molecule is O=C(C[C@H](Cn1cccc1)c1ccc(Cl)cc1)N1CCN(CCc2ccccn2)CC1. The van der Waals surface area contributed by atoms with Crippen molar-refractivity contribution in [1.29, 1.82) is 0 Å². The first kappa shape index (κ1) is 21.6. The van der Waals surface area contributed by atoms with Crippen LogP contribution in [0, 0.1) is 0 Å². The van der Waals surface area contributed by atoms with E-state index in [-0.39, 0.29) is 11.8 Å². The summed E-state index contributed by atoms with van der Waals surface area (Å²) in [5, 5.41) is 0.719. The van der Waals surface area contributed by atoms with Crippen molar-refractivity contribution < 1.29 is 4.79 Å². The van der Waals surface area contributed by atoms with Gasteiger partial charge in [0.25, 0.3) is 0 Å². The average molecular weight is 437 g/mol. The van der Waals surface area contributed by atoms with E-state index < -0.39 is 0 Å². The first-order valence-electron chi connectivity index (χ1n) is 10.9. The highest BCUT2D eigenvalue weighted by atomic mass is 35.5. The summed E-state index contributed by atoms with van der Waals surface area (Å²) in [6, 6.07) is 18.0. The molecule has 0 radical (unpaired) electrons. The molecule has 162 valence electrons. The van der Waals surface area contributed by atoms with Gasteiger partial charge in [-0.05, 0) is 42.0 Å². The number of piperazine rings is 1. The number of rotatable bonds is 8. The molecule has 0 N–H and O–H groups in total. The van der Waals surface area contributed by atoms with Crippen molar-refractivity contribution in [3.63, 3.8) is 0 Å². The van der Waals surface area contributed by atoms with Gasteiger partial charge in [0, 0.05) is 87.3 Å². The first-order chi connectivity index (χ1) is 15.2. The second kappa shape index (κ2) is 10.6. The van der Waals surface area contributed by atoms with Crippen molar-refractivity contribution in [2.75, 3.05) is 32.7 Å². The third-order valence-corrected chi connectivity index (χ3v) is 6.25. The molecule has 1 aliphatic heterocycles. The maximum absolute atomic E-state index is 13.1. The number of benzene rings is 1. The monoisotopic (exact) mass is 436 g/mol. The quantitative estimate of drug-likeness (QED) is 0.534. The van der Waals surface area contributed by atoms with Crippen LogP contribution < -0.4 is 0 Å². The van der Waals surface area contributed by atoms with Crippen LogP contribution in [0.4, 0.5) is 0 Å². The summed E-state index contributed by atoms with van der Waals surface area (Å²) in [4.78, 5) is 22.0. The number of halogens is 1. The van der Waals surface area contributed by atoms with E-state index in [2.05, 4.69) is 20.5 Å². The molecule has 1 saturated heterocycles. The van der Waals surface area contributed by atoms with Crippen LogP contribution in [-0.4, -0.2) is 58.0 Å². The Balaban J connectivity index is 1.31. The molecule has 0 saturated carbocycles. The number of aromatic nitrogens is 2. The lowest BCUT2D eigenvalue weighted by atomic mass is 9.94. The van der Waals surface area contributed by atoms with E-state index in [0.717, 1.165) is 62.0 Å². The lowest BCUT2D eigenvalue weighted by molar-refractivity contribution is -0.133. The Hall–Kier alpha value is -2.63. The highest BCUT2D eigenvalue weighted by Crippen LogP contribution is 2.25. The van der Waals surface area contributed by atoms with E-state index in [9.17, 15) is 4.79 Å². The van der Waals surface area contributed by atoms with Gasteiger partial charge < -0.3 is 9.47 Å². The lowest BCUT2D eigenvalue weighted by Gasteiger charge is -2.35. The van der Waals surface area contributed by atoms with Gasteiger partial charge in [-0.3, -0.25) is 14.7 Å². The molecule has 0 aliphatic carbocycles. The molecule has 0 spiro atoms. The van der Waals surface area contributed by atoms with Gasteiger partial charge in [-0.2, -0.15) is 0 Å². The maximum atomic E-state index is 13.1. The highest BCUT2D eigenvalue weighted by molar-refractivity contribution is 6.30. The molecule has 1 atom stereocenters. The smallest absolute Gasteiger partial charge is 0.223 e. The fourth-order valence-electron chi connectivity index (χ4n) is 4.15. The van der Waals surface area contributed by atoms with E-state index in [1.165, 1.54) is 0 Å². The second-order valence-corrected chi connectivity index (χ2v) is 8.56. The summed E-state index contributed by atoms with van der Waals surface area (Å²) in [5.41, 5.74) is 2.28. The van der Waals surface area contributed by atoms with Crippen LogP contribution in [0.15, 0.2) is 73.2 Å². The summed E-state index contributed by atoms with van der Waals surface area (Å²) in [6.07, 6.45) is 7.40. The number of hydrogen-bond donors (Lipinski definition) is 0. The van der Waals surface area contributed by atoms with Crippen LogP contribution in [0.5, 0.6) is 0 Å². The molecule has 2 aromatic heterocycles. The largest absolute Gasteiger partial charge is 0.354 e. The van der Waals surface area contributed by atoms with Crippen molar-refractivity contribution in [1.82, 2.24) is 19.4 Å². The van der Waals surface area contributed by atoms with Gasteiger partial charge >= 0.3 is 0 Å². The molecule has 6 heteroatoms. The Labute approximate surface area is 189 Å². The van der Waals surface area contributed by atoms with Crippen molar-refractivity contribution in [3.8, 4) is 0 Å². The summed E-state index contributed by atoms with van der Waals surface area (Å²) in [7, 11) is 0. The summed E-state index contributed by atoms with van der Waals surface area (Å²) in [6.45, 7) is 5.18. The molecule has 4 rings (SSSR count). The minimum absolute atomic E-state index is 0.124. The van der Waals surface area contributed by atoms with Gasteiger partial charge in [-0.15, -0.1) is 0 Å². The molecule has 3 heterocycles. The Bertz CT molecular complexity index is 935. The Morgan fingerprint density at radius 2 is 1.71 bits per heavy atom. The molecule has 31 heavy (non-hydrogen) atoms. The number of nitrogens with zero attached hydrogens (tertiary/aromatic N) is 4. The van der Waals surface area contributed by atoms with Crippen LogP contribution in [0.2, 0.25) is 5.02 Å². The van der Waals surface area contributed by atoms with E-state index >= 15 is 0 Å². The highest BCUT2D eigenvalue weighted by Gasteiger charge is 2.24. The number of amides is 1. The fourth-order valence-corrected chi connectivity index (χ4v) is 4.27. The van der Waals surface area contributed by atoms with Gasteiger partial charge in [0.05, 0.1) is 0 Å². The third-order valence-electron chi connectivity index (χ3n) is 6.00. The fraction of sp³-hybridized carbons (Fsp3) is 0.360. The molecular formula is C25H29ClN4O. The zero-order chi connectivity index (χ0) is 21.5. The summed E-state index contributed by atoms with van der Waals surface area (Å²) in [5.74, 6) is 0.357. The van der Waals surface area contributed by atoms with Crippen LogP contribution in [0.3, 0.4) is 0 Å². The first-order valence-corrected chi connectivity index (χ1v) is 11.3. The number of carbonyl (C=O) groups is 1.